The number of hydrogen-bond acceptors (Lipinski definition) is 9. The van der Waals surface area contributed by atoms with Crippen LogP contribution >= 0.6 is 0 Å². The van der Waals surface area contributed by atoms with Crippen molar-refractivity contribution in [1.29, 1.82) is 0 Å². The molecule has 0 bridgehead atoms. The predicted octanol–water partition coefficient (Wildman–Crippen LogP) is -1.30. The van der Waals surface area contributed by atoms with Gasteiger partial charge >= 0.3 is 18.2 Å². The van der Waals surface area contributed by atoms with Crippen LogP contribution in [-0.2, 0) is 28.5 Å². The lowest BCUT2D eigenvalue weighted by Crippen LogP contribution is -2.34. The number of alkyl carbamates (subject to hydrolysis) is 2. The van der Waals surface area contributed by atoms with Crippen molar-refractivity contribution in [3.63, 3.8) is 0 Å². The summed E-state index contributed by atoms with van der Waals surface area (Å²) in [6.07, 6.45) is -1.89. The second-order valence-corrected chi connectivity index (χ2v) is 4.04. The molecule has 0 fully saturated rings. The summed E-state index contributed by atoms with van der Waals surface area (Å²) in [7, 11) is 0. The van der Waals surface area contributed by atoms with Crippen LogP contribution in [0, 0.1) is 0 Å². The first-order valence-electron chi connectivity index (χ1n) is 6.83. The Morgan fingerprint density at radius 1 is 1.00 bits per heavy atom. The molecule has 0 aromatic rings. The van der Waals surface area contributed by atoms with Gasteiger partial charge in [0.25, 0.3) is 6.47 Å². The van der Waals surface area contributed by atoms with Crippen molar-refractivity contribution in [1.82, 2.24) is 10.6 Å². The summed E-state index contributed by atoms with van der Waals surface area (Å²) < 4.78 is 18.2. The summed E-state index contributed by atoms with van der Waals surface area (Å²) in [5, 5.41) is 14.0. The van der Waals surface area contributed by atoms with Gasteiger partial charge < -0.3 is 34.7 Å². The summed E-state index contributed by atoms with van der Waals surface area (Å²) in [5.41, 5.74) is 0. The van der Waals surface area contributed by atoms with Gasteiger partial charge in [0, 0.05) is 6.08 Å². The van der Waals surface area contributed by atoms with Gasteiger partial charge in [-0.25, -0.2) is 14.4 Å². The molecule has 0 aromatic carbocycles. The van der Waals surface area contributed by atoms with E-state index in [0.717, 1.165) is 6.08 Å². The molecule has 24 heavy (non-hydrogen) atoms. The molecule has 0 spiro atoms. The third-order valence-electron chi connectivity index (χ3n) is 2.15. The number of aliphatic hydroxyl groups is 1. The number of rotatable bonds is 12. The van der Waals surface area contributed by atoms with Crippen molar-refractivity contribution in [2.45, 2.75) is 6.10 Å². The number of carbonyl (C=O) groups is 4. The second kappa shape index (κ2) is 13.8. The van der Waals surface area contributed by atoms with Gasteiger partial charge in [0.2, 0.25) is 0 Å². The third-order valence-corrected chi connectivity index (χ3v) is 2.15. The van der Waals surface area contributed by atoms with Gasteiger partial charge in [-0.3, -0.25) is 4.79 Å². The van der Waals surface area contributed by atoms with Crippen molar-refractivity contribution in [3.05, 3.63) is 12.7 Å². The van der Waals surface area contributed by atoms with Crippen LogP contribution in [0.25, 0.3) is 0 Å². The van der Waals surface area contributed by atoms with E-state index in [1.54, 1.807) is 0 Å². The van der Waals surface area contributed by atoms with Crippen molar-refractivity contribution < 1.29 is 43.2 Å². The maximum Gasteiger partial charge on any atom is 0.407 e. The fourth-order valence-electron chi connectivity index (χ4n) is 1.12. The lowest BCUT2D eigenvalue weighted by Gasteiger charge is -2.12. The zero-order valence-corrected chi connectivity index (χ0v) is 12.9. The zero-order valence-electron chi connectivity index (χ0n) is 12.9. The summed E-state index contributed by atoms with van der Waals surface area (Å²) in [5.74, 6) is -0.617. The van der Waals surface area contributed by atoms with Crippen molar-refractivity contribution >= 4 is 24.6 Å². The highest BCUT2D eigenvalue weighted by Gasteiger charge is 2.11. The van der Waals surface area contributed by atoms with E-state index >= 15 is 0 Å². The van der Waals surface area contributed by atoms with Crippen molar-refractivity contribution in [2.75, 3.05) is 39.5 Å². The minimum absolute atomic E-state index is 0.00739. The first kappa shape index (κ1) is 21.2. The van der Waals surface area contributed by atoms with Crippen LogP contribution < -0.4 is 10.6 Å². The van der Waals surface area contributed by atoms with Crippen molar-refractivity contribution in [3.8, 4) is 0 Å². The first-order valence-corrected chi connectivity index (χ1v) is 6.83. The fourth-order valence-corrected chi connectivity index (χ4v) is 1.12. The topological polar surface area (TPSA) is 149 Å². The molecule has 0 aliphatic rings. The fraction of sp³-hybridized carbons (Fsp3) is 0.538. The average molecular weight is 348 g/mol. The number of ether oxygens (including phenoxy) is 4. The summed E-state index contributed by atoms with van der Waals surface area (Å²) >= 11 is 0. The van der Waals surface area contributed by atoms with Crippen LogP contribution in [0.2, 0.25) is 0 Å². The number of carbonyl (C=O) groups excluding carboxylic acids is 4. The van der Waals surface area contributed by atoms with Crippen LogP contribution in [0.3, 0.4) is 0 Å². The van der Waals surface area contributed by atoms with E-state index in [2.05, 4.69) is 36.2 Å². The Morgan fingerprint density at radius 3 is 2.04 bits per heavy atom. The monoisotopic (exact) mass is 348 g/mol. The quantitative estimate of drug-likeness (QED) is 0.129. The minimum Gasteiger partial charge on any atom is -0.466 e. The third kappa shape index (κ3) is 12.9. The molecule has 0 heterocycles. The van der Waals surface area contributed by atoms with Crippen LogP contribution in [0.5, 0.6) is 0 Å². The Labute approximate surface area is 137 Å². The Morgan fingerprint density at radius 2 is 1.54 bits per heavy atom. The molecule has 136 valence electrons. The highest BCUT2D eigenvalue weighted by atomic mass is 16.6. The molecule has 0 aromatic heterocycles. The molecule has 3 N–H and O–H groups in total. The smallest absolute Gasteiger partial charge is 0.407 e. The molecule has 0 rings (SSSR count). The highest BCUT2D eigenvalue weighted by molar-refractivity contribution is 5.81. The molecule has 1 atom stereocenters. The summed E-state index contributed by atoms with van der Waals surface area (Å²) in [6.45, 7) is 2.66. The van der Waals surface area contributed by atoms with E-state index in [1.165, 1.54) is 0 Å². The Hall–Kier alpha value is -2.82. The van der Waals surface area contributed by atoms with Crippen LogP contribution in [0.4, 0.5) is 9.59 Å². The molecule has 11 nitrogen and oxygen atoms in total. The molecule has 0 aliphatic heterocycles. The Kier molecular flexibility index (Phi) is 12.2. The number of aliphatic hydroxyl groups excluding tert-OH is 1. The molecule has 1 unspecified atom stereocenters. The summed E-state index contributed by atoms with van der Waals surface area (Å²) in [6, 6.07) is 0. The van der Waals surface area contributed by atoms with E-state index in [4.69, 9.17) is 0 Å². The zero-order chi connectivity index (χ0) is 18.2. The van der Waals surface area contributed by atoms with E-state index in [1.807, 2.05) is 0 Å². The van der Waals surface area contributed by atoms with E-state index in [9.17, 15) is 24.3 Å². The maximum absolute atomic E-state index is 11.2. The summed E-state index contributed by atoms with van der Waals surface area (Å²) in [4.78, 5) is 42.9. The molecular weight excluding hydrogens is 328 g/mol. The van der Waals surface area contributed by atoms with Crippen LogP contribution in [-0.4, -0.2) is 75.4 Å². The SMILES string of the molecule is C=CC(=O)OCCNC(=O)OCC(O)COC(=O)NCCOC=O. The second-order valence-electron chi connectivity index (χ2n) is 4.04. The molecule has 0 radical (unpaired) electrons. The number of nitrogens with one attached hydrogen (secondary N) is 2. The molecule has 2 amide bonds. The highest BCUT2D eigenvalue weighted by Crippen LogP contribution is 1.90. The van der Waals surface area contributed by atoms with E-state index in [-0.39, 0.29) is 32.8 Å². The Balaban J connectivity index is 3.62. The van der Waals surface area contributed by atoms with Gasteiger partial charge in [0.1, 0.15) is 32.5 Å². The van der Waals surface area contributed by atoms with Gasteiger partial charge in [-0.2, -0.15) is 0 Å². The molecule has 0 aliphatic carbocycles. The van der Waals surface area contributed by atoms with Gasteiger partial charge in [-0.05, 0) is 0 Å². The van der Waals surface area contributed by atoms with Gasteiger partial charge in [0.05, 0.1) is 13.1 Å². The van der Waals surface area contributed by atoms with Gasteiger partial charge in [-0.1, -0.05) is 6.58 Å². The van der Waals surface area contributed by atoms with Gasteiger partial charge in [-0.15, -0.1) is 0 Å². The molecule has 11 heteroatoms. The largest absolute Gasteiger partial charge is 0.466 e. The number of esters is 1. The molecular formula is C13H20N2O9. The van der Waals surface area contributed by atoms with Crippen molar-refractivity contribution in [2.24, 2.45) is 0 Å². The molecule has 0 saturated heterocycles. The van der Waals surface area contributed by atoms with Crippen LogP contribution in [0.1, 0.15) is 0 Å². The Bertz CT molecular complexity index is 428. The normalized spacial score (nSPS) is 10.7. The van der Waals surface area contributed by atoms with E-state index in [0.29, 0.717) is 0 Å². The average Bonchev–Trinajstić information content (AvgIpc) is 2.58. The van der Waals surface area contributed by atoms with Crippen LogP contribution in [0.15, 0.2) is 12.7 Å². The lowest BCUT2D eigenvalue weighted by molar-refractivity contribution is -0.137. The first-order chi connectivity index (χ1) is 11.5. The lowest BCUT2D eigenvalue weighted by atomic mass is 10.4. The predicted molar refractivity (Wildman–Crippen MR) is 77.9 cm³/mol. The van der Waals surface area contributed by atoms with E-state index < -0.39 is 37.5 Å². The standard InChI is InChI=1S/C13H20N2O9/c1-2-11(18)22-6-4-15-13(20)24-8-10(17)7-23-12(19)14-3-5-21-9-16/h2,9-10,17H,1,3-8H2,(H,14,19)(H,15,20). The minimum atomic E-state index is -1.22. The van der Waals surface area contributed by atoms with Gasteiger partial charge in [0.15, 0.2) is 0 Å². The number of hydrogen-bond donors (Lipinski definition) is 3. The number of amides is 2. The molecule has 0 saturated carbocycles. The maximum atomic E-state index is 11.2.